The van der Waals surface area contributed by atoms with Crippen LogP contribution in [0.25, 0.3) is 0 Å². The van der Waals surface area contributed by atoms with E-state index in [9.17, 15) is 8.42 Å². The average molecular weight is 423 g/mol. The van der Waals surface area contributed by atoms with Gasteiger partial charge in [-0.25, -0.2) is 8.42 Å². The van der Waals surface area contributed by atoms with Crippen molar-refractivity contribution in [3.63, 3.8) is 0 Å². The van der Waals surface area contributed by atoms with E-state index in [-0.39, 0.29) is 4.90 Å². The van der Waals surface area contributed by atoms with Crippen molar-refractivity contribution in [1.82, 2.24) is 0 Å². The second-order valence-electron chi connectivity index (χ2n) is 4.31. The van der Waals surface area contributed by atoms with Crippen LogP contribution in [0.3, 0.4) is 0 Å². The van der Waals surface area contributed by atoms with Gasteiger partial charge in [0, 0.05) is 9.26 Å². The average Bonchev–Trinajstić information content (AvgIpc) is 2.31. The molecule has 2 aromatic carbocycles. The Morgan fingerprint density at radius 3 is 2.50 bits per heavy atom. The summed E-state index contributed by atoms with van der Waals surface area (Å²) in [6.07, 6.45) is 0. The maximum Gasteiger partial charge on any atom is 0.262 e. The van der Waals surface area contributed by atoms with E-state index in [0.29, 0.717) is 16.4 Å². The topological polar surface area (TPSA) is 72.2 Å². The summed E-state index contributed by atoms with van der Waals surface area (Å²) in [5, 5.41) is 0.348. The van der Waals surface area contributed by atoms with E-state index < -0.39 is 10.0 Å². The van der Waals surface area contributed by atoms with Crippen molar-refractivity contribution in [3.8, 4) is 0 Å². The molecule has 0 unspecified atom stereocenters. The number of nitrogen functional groups attached to an aromatic ring is 1. The Morgan fingerprint density at radius 1 is 1.20 bits per heavy atom. The molecule has 7 heteroatoms. The highest BCUT2D eigenvalue weighted by Crippen LogP contribution is 2.27. The molecule has 106 valence electrons. The van der Waals surface area contributed by atoms with E-state index >= 15 is 0 Å². The third-order valence-electron chi connectivity index (χ3n) is 2.56. The van der Waals surface area contributed by atoms with Gasteiger partial charge in [-0.1, -0.05) is 11.6 Å². The number of benzene rings is 2. The Balaban J connectivity index is 2.40. The van der Waals surface area contributed by atoms with E-state index in [0.717, 1.165) is 9.13 Å². The Labute approximate surface area is 136 Å². The third-order valence-corrected chi connectivity index (χ3v) is 4.89. The van der Waals surface area contributed by atoms with Gasteiger partial charge < -0.3 is 5.73 Å². The summed E-state index contributed by atoms with van der Waals surface area (Å²) in [5.41, 5.74) is 7.20. The van der Waals surface area contributed by atoms with E-state index in [1.165, 1.54) is 6.07 Å². The number of aryl methyl sites for hydroxylation is 1. The number of hydrogen-bond acceptors (Lipinski definition) is 3. The second kappa shape index (κ2) is 5.79. The van der Waals surface area contributed by atoms with Crippen LogP contribution in [0.2, 0.25) is 5.02 Å². The number of halogens is 2. The van der Waals surface area contributed by atoms with Crippen LogP contribution in [0.1, 0.15) is 5.56 Å². The zero-order chi connectivity index (χ0) is 14.9. The summed E-state index contributed by atoms with van der Waals surface area (Å²) < 4.78 is 28.0. The minimum absolute atomic E-state index is 0.115. The van der Waals surface area contributed by atoms with Crippen LogP contribution in [-0.4, -0.2) is 8.42 Å². The largest absolute Gasteiger partial charge is 0.399 e. The van der Waals surface area contributed by atoms with E-state index in [1.807, 2.05) is 0 Å². The molecule has 0 aliphatic carbocycles. The molecule has 2 aromatic rings. The van der Waals surface area contributed by atoms with Gasteiger partial charge in [-0.05, 0) is 71.5 Å². The van der Waals surface area contributed by atoms with Crippen molar-refractivity contribution >= 4 is 55.6 Å². The molecule has 0 fully saturated rings. The number of rotatable bonds is 3. The lowest BCUT2D eigenvalue weighted by atomic mass is 10.2. The molecule has 0 aromatic heterocycles. The fraction of sp³-hybridized carbons (Fsp3) is 0.0769. The predicted octanol–water partition coefficient (Wildman–Crippen LogP) is 3.64. The highest BCUT2D eigenvalue weighted by Gasteiger charge is 2.16. The molecule has 0 aliphatic rings. The summed E-state index contributed by atoms with van der Waals surface area (Å²) in [7, 11) is -3.71. The first kappa shape index (κ1) is 15.4. The minimum atomic E-state index is -3.71. The van der Waals surface area contributed by atoms with Gasteiger partial charge in [0.25, 0.3) is 10.0 Å². The second-order valence-corrected chi connectivity index (χ2v) is 7.64. The predicted molar refractivity (Wildman–Crippen MR) is 90.6 cm³/mol. The molecule has 0 heterocycles. The van der Waals surface area contributed by atoms with Crippen LogP contribution >= 0.6 is 34.2 Å². The lowest BCUT2D eigenvalue weighted by Crippen LogP contribution is -2.13. The van der Waals surface area contributed by atoms with Crippen molar-refractivity contribution in [2.24, 2.45) is 0 Å². The van der Waals surface area contributed by atoms with Gasteiger partial charge in [0.05, 0.1) is 15.6 Å². The molecule has 0 aliphatic heterocycles. The van der Waals surface area contributed by atoms with Crippen molar-refractivity contribution in [2.45, 2.75) is 11.8 Å². The van der Waals surface area contributed by atoms with Gasteiger partial charge >= 0.3 is 0 Å². The van der Waals surface area contributed by atoms with Gasteiger partial charge in [-0.2, -0.15) is 0 Å². The molecule has 0 spiro atoms. The van der Waals surface area contributed by atoms with Crippen molar-refractivity contribution in [2.75, 3.05) is 10.5 Å². The van der Waals surface area contributed by atoms with Gasteiger partial charge in [0.15, 0.2) is 0 Å². The molecule has 20 heavy (non-hydrogen) atoms. The van der Waals surface area contributed by atoms with Crippen LogP contribution < -0.4 is 10.5 Å². The summed E-state index contributed by atoms with van der Waals surface area (Å²) >= 11 is 8.13. The first-order valence-electron chi connectivity index (χ1n) is 5.63. The lowest BCUT2D eigenvalue weighted by molar-refractivity contribution is 0.601. The van der Waals surface area contributed by atoms with Crippen LogP contribution in [0.15, 0.2) is 41.3 Å². The van der Waals surface area contributed by atoms with Crippen molar-refractivity contribution in [1.29, 1.82) is 0 Å². The quantitative estimate of drug-likeness (QED) is 0.586. The molecular formula is C13H12ClIN2O2S. The molecule has 4 nitrogen and oxygen atoms in total. The van der Waals surface area contributed by atoms with Gasteiger partial charge in [-0.3, -0.25) is 4.72 Å². The third kappa shape index (κ3) is 3.56. The lowest BCUT2D eigenvalue weighted by Gasteiger charge is -2.11. The summed E-state index contributed by atoms with van der Waals surface area (Å²) in [4.78, 5) is 0.115. The number of nitrogens with two attached hydrogens (primary N) is 1. The molecule has 0 bridgehead atoms. The molecular weight excluding hydrogens is 411 g/mol. The standard InChI is InChI=1S/C13H12ClIN2O2S/c1-8-4-10(16)7-11(5-8)20(18,19)17-13-3-2-9(15)6-12(13)14/h2-7,17H,16H2,1H3. The Bertz CT molecular complexity index is 743. The molecule has 0 saturated carbocycles. The summed E-state index contributed by atoms with van der Waals surface area (Å²) in [6, 6.07) is 9.76. The minimum Gasteiger partial charge on any atom is -0.399 e. The molecule has 3 N–H and O–H groups in total. The number of hydrogen-bond donors (Lipinski definition) is 2. The maximum atomic E-state index is 12.3. The Morgan fingerprint density at radius 2 is 1.90 bits per heavy atom. The molecule has 0 saturated heterocycles. The first-order valence-corrected chi connectivity index (χ1v) is 8.57. The van der Waals surface area contributed by atoms with Gasteiger partial charge in [0.2, 0.25) is 0 Å². The van der Waals surface area contributed by atoms with Gasteiger partial charge in [-0.15, -0.1) is 0 Å². The highest BCUT2D eigenvalue weighted by molar-refractivity contribution is 14.1. The Hall–Kier alpha value is -0.990. The zero-order valence-corrected chi connectivity index (χ0v) is 14.3. The monoisotopic (exact) mass is 422 g/mol. The Kier molecular flexibility index (Phi) is 4.46. The van der Waals surface area contributed by atoms with E-state index in [2.05, 4.69) is 27.3 Å². The maximum absolute atomic E-state index is 12.3. The smallest absolute Gasteiger partial charge is 0.262 e. The zero-order valence-electron chi connectivity index (χ0n) is 10.5. The number of anilines is 2. The highest BCUT2D eigenvalue weighted by atomic mass is 127. The summed E-state index contributed by atoms with van der Waals surface area (Å²) in [6.45, 7) is 1.78. The fourth-order valence-electron chi connectivity index (χ4n) is 1.71. The SMILES string of the molecule is Cc1cc(N)cc(S(=O)(=O)Nc2ccc(I)cc2Cl)c1. The van der Waals surface area contributed by atoms with Crippen LogP contribution in [0.4, 0.5) is 11.4 Å². The van der Waals surface area contributed by atoms with Crippen LogP contribution in [0.5, 0.6) is 0 Å². The molecule has 0 radical (unpaired) electrons. The van der Waals surface area contributed by atoms with Crippen molar-refractivity contribution in [3.05, 3.63) is 50.6 Å². The van der Waals surface area contributed by atoms with Gasteiger partial charge in [0.1, 0.15) is 0 Å². The normalized spacial score (nSPS) is 11.3. The number of sulfonamides is 1. The van der Waals surface area contributed by atoms with E-state index in [4.69, 9.17) is 17.3 Å². The number of nitrogens with one attached hydrogen (secondary N) is 1. The molecule has 0 amide bonds. The van der Waals surface area contributed by atoms with Crippen LogP contribution in [-0.2, 0) is 10.0 Å². The fourth-order valence-corrected chi connectivity index (χ4v) is 3.88. The molecule has 2 rings (SSSR count). The van der Waals surface area contributed by atoms with E-state index in [1.54, 1.807) is 37.3 Å². The van der Waals surface area contributed by atoms with Crippen LogP contribution in [0, 0.1) is 10.5 Å². The molecule has 0 atom stereocenters. The van der Waals surface area contributed by atoms with Crippen molar-refractivity contribution < 1.29 is 8.42 Å². The summed E-state index contributed by atoms with van der Waals surface area (Å²) in [5.74, 6) is 0. The first-order chi connectivity index (χ1) is 9.28.